The highest BCUT2D eigenvalue weighted by molar-refractivity contribution is 5.92. The van der Waals surface area contributed by atoms with E-state index in [9.17, 15) is 19.5 Å². The molecule has 0 aromatic carbocycles. The Morgan fingerprint density at radius 2 is 1.90 bits per heavy atom. The second-order valence-corrected chi connectivity index (χ2v) is 7.40. The number of carbonyl (C=O) groups is 3. The molecule has 1 aliphatic heterocycles. The van der Waals surface area contributed by atoms with E-state index in [0.717, 1.165) is 0 Å². The quantitative estimate of drug-likeness (QED) is 0.334. The van der Waals surface area contributed by atoms with Crippen molar-refractivity contribution in [3.05, 3.63) is 47.1 Å². The highest BCUT2D eigenvalue weighted by atomic mass is 16.6. The number of allylic oxidation sites excluding steroid dienone is 1. The fourth-order valence-corrected chi connectivity index (χ4v) is 3.36. The van der Waals surface area contributed by atoms with Gasteiger partial charge in [0.25, 0.3) is 0 Å². The summed E-state index contributed by atoms with van der Waals surface area (Å²) in [5, 5.41) is 10.9. The molecule has 0 radical (unpaired) electrons. The van der Waals surface area contributed by atoms with E-state index in [4.69, 9.17) is 14.2 Å². The molecular weight excluding hydrogens is 376 g/mol. The first-order chi connectivity index (χ1) is 13.6. The van der Waals surface area contributed by atoms with Gasteiger partial charge in [-0.05, 0) is 44.9 Å². The Bertz CT molecular complexity index is 802. The minimum Gasteiger partial charge on any atom is -0.458 e. The lowest BCUT2D eigenvalue weighted by molar-refractivity contribution is -0.153. The first kappa shape index (κ1) is 22.6. The van der Waals surface area contributed by atoms with Crippen molar-refractivity contribution in [2.24, 2.45) is 5.92 Å². The smallest absolute Gasteiger partial charge is 0.334 e. The molecule has 0 spiro atoms. The summed E-state index contributed by atoms with van der Waals surface area (Å²) in [6, 6.07) is 0. The van der Waals surface area contributed by atoms with Gasteiger partial charge >= 0.3 is 17.9 Å². The number of hydrogen-bond acceptors (Lipinski definition) is 7. The Balaban J connectivity index is 2.52. The van der Waals surface area contributed by atoms with Gasteiger partial charge in [-0.3, -0.25) is 4.79 Å². The van der Waals surface area contributed by atoms with Gasteiger partial charge in [-0.15, -0.1) is 0 Å². The van der Waals surface area contributed by atoms with Gasteiger partial charge in [-0.1, -0.05) is 18.7 Å². The lowest BCUT2D eigenvalue weighted by atomic mass is 9.83. The van der Waals surface area contributed by atoms with Crippen molar-refractivity contribution in [2.75, 3.05) is 0 Å². The third-order valence-electron chi connectivity index (χ3n) is 5.29. The maximum Gasteiger partial charge on any atom is 0.334 e. The van der Waals surface area contributed by atoms with Crippen LogP contribution in [-0.2, 0) is 28.6 Å². The number of aliphatic hydroxyl groups is 1. The third-order valence-corrected chi connectivity index (χ3v) is 5.29. The van der Waals surface area contributed by atoms with Gasteiger partial charge < -0.3 is 19.3 Å². The van der Waals surface area contributed by atoms with Gasteiger partial charge in [-0.25, -0.2) is 9.59 Å². The van der Waals surface area contributed by atoms with Gasteiger partial charge in [0, 0.05) is 24.5 Å². The number of hydrogen-bond donors (Lipinski definition) is 1. The highest BCUT2D eigenvalue weighted by Gasteiger charge is 2.47. The SMILES string of the molecule is C=C1C(=O)O[C@@H]2/C=C(/C)[C@@H](OC(C)=O)C/C=C(/C)[C@@H](O)[C@@H](OC(=O)/C(C)=C/C)[C@@H]12. The molecule has 1 saturated heterocycles. The molecule has 0 unspecified atom stereocenters. The predicted octanol–water partition coefficient (Wildman–Crippen LogP) is 2.55. The van der Waals surface area contributed by atoms with Crippen molar-refractivity contribution in [1.29, 1.82) is 0 Å². The molecule has 5 atom stereocenters. The summed E-state index contributed by atoms with van der Waals surface area (Å²) in [4.78, 5) is 36.1. The van der Waals surface area contributed by atoms with Gasteiger partial charge in [0.1, 0.15) is 24.4 Å². The molecule has 158 valence electrons. The van der Waals surface area contributed by atoms with Crippen LogP contribution in [0.5, 0.6) is 0 Å². The van der Waals surface area contributed by atoms with Crippen molar-refractivity contribution in [1.82, 2.24) is 0 Å². The molecule has 0 aromatic rings. The summed E-state index contributed by atoms with van der Waals surface area (Å²) >= 11 is 0. The second kappa shape index (κ2) is 9.22. The predicted molar refractivity (Wildman–Crippen MR) is 106 cm³/mol. The molecule has 0 saturated carbocycles. The number of fused-ring (bicyclic) bond motifs is 1. The van der Waals surface area contributed by atoms with E-state index in [1.165, 1.54) is 6.92 Å². The summed E-state index contributed by atoms with van der Waals surface area (Å²) in [5.41, 5.74) is 1.71. The number of esters is 3. The zero-order chi connectivity index (χ0) is 21.9. The Kier molecular flexibility index (Phi) is 7.19. The van der Waals surface area contributed by atoms with E-state index in [1.807, 2.05) is 0 Å². The summed E-state index contributed by atoms with van der Waals surface area (Å²) in [7, 11) is 0. The molecule has 2 aliphatic rings. The standard InChI is InChI=1S/C22H28O7/c1-7-11(2)21(25)29-20-18-14(5)22(26)28-17(18)10-13(4)16(27-15(6)23)9-8-12(3)19(20)24/h7-8,10,16-20,24H,5,9H2,1-4,6H3/b11-7+,12-8-,13-10-/t16-,17+,18-,19+,20-/m0/s1. The van der Waals surface area contributed by atoms with Crippen molar-refractivity contribution in [3.8, 4) is 0 Å². The Morgan fingerprint density at radius 3 is 2.48 bits per heavy atom. The largest absolute Gasteiger partial charge is 0.458 e. The molecule has 29 heavy (non-hydrogen) atoms. The molecule has 7 nitrogen and oxygen atoms in total. The minimum atomic E-state index is -1.19. The van der Waals surface area contributed by atoms with Gasteiger partial charge in [-0.2, -0.15) is 0 Å². The average Bonchev–Trinajstić information content (AvgIpc) is 2.93. The maximum absolute atomic E-state index is 12.4. The molecule has 0 amide bonds. The molecule has 7 heteroatoms. The Labute approximate surface area is 170 Å². The molecule has 0 bridgehead atoms. The lowest BCUT2D eigenvalue weighted by Gasteiger charge is -2.32. The Hall–Kier alpha value is -2.67. The number of aliphatic hydroxyl groups excluding tert-OH is 1. The number of carbonyl (C=O) groups excluding carboxylic acids is 3. The first-order valence-corrected chi connectivity index (χ1v) is 9.50. The summed E-state index contributed by atoms with van der Waals surface area (Å²) in [6.07, 6.45) is 1.71. The van der Waals surface area contributed by atoms with Gasteiger partial charge in [0.2, 0.25) is 0 Å². The van der Waals surface area contributed by atoms with Crippen LogP contribution >= 0.6 is 0 Å². The van der Waals surface area contributed by atoms with Crippen LogP contribution in [0.15, 0.2) is 47.1 Å². The summed E-state index contributed by atoms with van der Waals surface area (Å²) in [6.45, 7) is 11.9. The van der Waals surface area contributed by atoms with Gasteiger partial charge in [0.05, 0.1) is 5.92 Å². The van der Waals surface area contributed by atoms with E-state index in [2.05, 4.69) is 6.58 Å². The van der Waals surface area contributed by atoms with E-state index in [0.29, 0.717) is 23.1 Å². The maximum atomic E-state index is 12.4. The number of ether oxygens (including phenoxy) is 3. The van der Waals surface area contributed by atoms with Crippen LogP contribution < -0.4 is 0 Å². The molecule has 1 N–H and O–H groups in total. The van der Waals surface area contributed by atoms with Crippen LogP contribution in [0.4, 0.5) is 0 Å². The first-order valence-electron chi connectivity index (χ1n) is 9.50. The monoisotopic (exact) mass is 404 g/mol. The van der Waals surface area contributed by atoms with Crippen molar-refractivity contribution >= 4 is 17.9 Å². The van der Waals surface area contributed by atoms with Crippen LogP contribution in [0.2, 0.25) is 0 Å². The molecule has 0 aromatic heterocycles. The fourth-order valence-electron chi connectivity index (χ4n) is 3.36. The fraction of sp³-hybridized carbons (Fsp3) is 0.500. The van der Waals surface area contributed by atoms with Crippen LogP contribution in [0.3, 0.4) is 0 Å². The van der Waals surface area contributed by atoms with E-state index >= 15 is 0 Å². The normalized spacial score (nSPS) is 34.1. The Morgan fingerprint density at radius 1 is 1.24 bits per heavy atom. The van der Waals surface area contributed by atoms with Crippen molar-refractivity contribution < 1.29 is 33.7 Å². The van der Waals surface area contributed by atoms with Crippen LogP contribution in [0.25, 0.3) is 0 Å². The topological polar surface area (TPSA) is 99.1 Å². The van der Waals surface area contributed by atoms with E-state index in [1.54, 1.807) is 45.9 Å². The third kappa shape index (κ3) is 5.03. The molecule has 1 aliphatic carbocycles. The molecular formula is C22H28O7. The van der Waals surface area contributed by atoms with E-state index in [-0.39, 0.29) is 5.57 Å². The zero-order valence-corrected chi connectivity index (χ0v) is 17.4. The van der Waals surface area contributed by atoms with Crippen LogP contribution in [0, 0.1) is 5.92 Å². The number of rotatable bonds is 3. The lowest BCUT2D eigenvalue weighted by Crippen LogP contribution is -2.43. The van der Waals surface area contributed by atoms with E-state index < -0.39 is 48.2 Å². The van der Waals surface area contributed by atoms with Crippen molar-refractivity contribution in [3.63, 3.8) is 0 Å². The molecule has 1 heterocycles. The molecule has 2 rings (SSSR count). The van der Waals surface area contributed by atoms with Crippen molar-refractivity contribution in [2.45, 2.75) is 65.5 Å². The molecule has 1 fully saturated rings. The summed E-state index contributed by atoms with van der Waals surface area (Å²) in [5.74, 6) is -2.43. The van der Waals surface area contributed by atoms with Crippen LogP contribution in [0.1, 0.15) is 41.0 Å². The highest BCUT2D eigenvalue weighted by Crippen LogP contribution is 2.37. The zero-order valence-electron chi connectivity index (χ0n) is 17.4. The summed E-state index contributed by atoms with van der Waals surface area (Å²) < 4.78 is 16.4. The van der Waals surface area contributed by atoms with Gasteiger partial charge in [0.15, 0.2) is 0 Å². The average molecular weight is 404 g/mol. The van der Waals surface area contributed by atoms with Crippen LogP contribution in [-0.4, -0.2) is 47.4 Å². The second-order valence-electron chi connectivity index (χ2n) is 7.40. The minimum absolute atomic E-state index is 0.117.